The summed E-state index contributed by atoms with van der Waals surface area (Å²) in [5.74, 6) is 1.43. The van der Waals surface area contributed by atoms with Crippen molar-refractivity contribution in [3.8, 4) is 0 Å². The number of rotatable bonds is 9. The average Bonchev–Trinajstić information content (AvgIpc) is 2.44. The molecule has 0 aliphatic heterocycles. The highest BCUT2D eigenvalue weighted by molar-refractivity contribution is 5.19. The number of nitrogens with two attached hydrogens (primary N) is 1. The third-order valence-corrected chi connectivity index (χ3v) is 4.02. The molecule has 0 aromatic heterocycles. The molecular formula is C17H29N. The zero-order valence-electron chi connectivity index (χ0n) is 12.1. The van der Waals surface area contributed by atoms with Crippen molar-refractivity contribution in [2.75, 3.05) is 6.54 Å². The topological polar surface area (TPSA) is 26.0 Å². The maximum absolute atomic E-state index is 5.93. The van der Waals surface area contributed by atoms with Crippen LogP contribution in [0, 0.1) is 5.92 Å². The van der Waals surface area contributed by atoms with Crippen molar-refractivity contribution in [3.05, 3.63) is 35.9 Å². The monoisotopic (exact) mass is 247 g/mol. The summed E-state index contributed by atoms with van der Waals surface area (Å²) in [5, 5.41) is 0. The number of unbranched alkanes of at least 4 members (excludes halogenated alkanes) is 1. The molecule has 2 unspecified atom stereocenters. The Kier molecular flexibility index (Phi) is 7.75. The summed E-state index contributed by atoms with van der Waals surface area (Å²) in [4.78, 5) is 0. The molecule has 1 nitrogen and oxygen atoms in total. The Morgan fingerprint density at radius 1 is 1.00 bits per heavy atom. The van der Waals surface area contributed by atoms with E-state index in [4.69, 9.17) is 5.73 Å². The van der Waals surface area contributed by atoms with Gasteiger partial charge in [-0.15, -0.1) is 0 Å². The van der Waals surface area contributed by atoms with Crippen LogP contribution in [0.3, 0.4) is 0 Å². The van der Waals surface area contributed by atoms with Crippen molar-refractivity contribution in [1.29, 1.82) is 0 Å². The zero-order valence-corrected chi connectivity index (χ0v) is 12.1. The Balaban J connectivity index is 2.43. The molecule has 1 aromatic rings. The molecule has 0 fully saturated rings. The predicted molar refractivity (Wildman–Crippen MR) is 80.8 cm³/mol. The summed E-state index contributed by atoms with van der Waals surface area (Å²) in [6.07, 6.45) is 7.95. The van der Waals surface area contributed by atoms with Gasteiger partial charge in [-0.2, -0.15) is 0 Å². The van der Waals surface area contributed by atoms with Crippen molar-refractivity contribution in [2.45, 2.75) is 58.3 Å². The van der Waals surface area contributed by atoms with Gasteiger partial charge in [0, 0.05) is 0 Å². The lowest BCUT2D eigenvalue weighted by Crippen LogP contribution is -2.14. The van der Waals surface area contributed by atoms with Crippen molar-refractivity contribution >= 4 is 0 Å². The minimum atomic E-state index is 0.543. The van der Waals surface area contributed by atoms with E-state index in [1.165, 1.54) is 44.1 Å². The standard InChI is InChI=1S/C17H29N/c1-3-5-9-15(4-2)12-13-17(14-18)16-10-7-6-8-11-16/h6-8,10-11,15,17H,3-5,9,12-14,18H2,1-2H3. The third-order valence-electron chi connectivity index (χ3n) is 4.02. The van der Waals surface area contributed by atoms with Crippen LogP contribution < -0.4 is 5.73 Å². The van der Waals surface area contributed by atoms with Crippen LogP contribution in [0.15, 0.2) is 30.3 Å². The highest BCUT2D eigenvalue weighted by Crippen LogP contribution is 2.26. The number of hydrogen-bond donors (Lipinski definition) is 1. The van der Waals surface area contributed by atoms with Gasteiger partial charge in [-0.25, -0.2) is 0 Å². The highest BCUT2D eigenvalue weighted by Gasteiger charge is 2.12. The van der Waals surface area contributed by atoms with E-state index in [-0.39, 0.29) is 0 Å². The Bertz CT molecular complexity index is 294. The third kappa shape index (κ3) is 5.22. The Morgan fingerprint density at radius 3 is 2.28 bits per heavy atom. The molecule has 2 atom stereocenters. The molecule has 0 amide bonds. The van der Waals surface area contributed by atoms with Gasteiger partial charge in [0.15, 0.2) is 0 Å². The molecule has 102 valence electrons. The summed E-state index contributed by atoms with van der Waals surface area (Å²) in [7, 11) is 0. The summed E-state index contributed by atoms with van der Waals surface area (Å²) >= 11 is 0. The summed E-state index contributed by atoms with van der Waals surface area (Å²) in [6, 6.07) is 10.7. The van der Waals surface area contributed by atoms with Gasteiger partial charge in [-0.3, -0.25) is 0 Å². The molecule has 0 heterocycles. The lowest BCUT2D eigenvalue weighted by atomic mass is 9.87. The zero-order chi connectivity index (χ0) is 13.2. The van der Waals surface area contributed by atoms with E-state index in [9.17, 15) is 0 Å². The van der Waals surface area contributed by atoms with Crippen LogP contribution in [0.2, 0.25) is 0 Å². The van der Waals surface area contributed by atoms with Crippen LogP contribution in [0.1, 0.15) is 63.9 Å². The summed E-state index contributed by atoms with van der Waals surface area (Å²) in [6.45, 7) is 5.37. The maximum atomic E-state index is 5.93. The van der Waals surface area contributed by atoms with Crippen LogP contribution >= 0.6 is 0 Å². The molecule has 18 heavy (non-hydrogen) atoms. The highest BCUT2D eigenvalue weighted by atomic mass is 14.5. The van der Waals surface area contributed by atoms with E-state index < -0.39 is 0 Å². The molecule has 0 saturated heterocycles. The molecule has 0 aliphatic carbocycles. The van der Waals surface area contributed by atoms with Gasteiger partial charge in [0.1, 0.15) is 0 Å². The molecule has 0 radical (unpaired) electrons. The van der Waals surface area contributed by atoms with Crippen LogP contribution in [-0.2, 0) is 0 Å². The van der Waals surface area contributed by atoms with E-state index in [2.05, 4.69) is 44.2 Å². The summed E-state index contributed by atoms with van der Waals surface area (Å²) < 4.78 is 0. The Morgan fingerprint density at radius 2 is 1.72 bits per heavy atom. The van der Waals surface area contributed by atoms with Gasteiger partial charge in [-0.1, -0.05) is 69.9 Å². The van der Waals surface area contributed by atoms with Crippen molar-refractivity contribution in [2.24, 2.45) is 11.7 Å². The molecule has 0 aliphatic rings. The van der Waals surface area contributed by atoms with Gasteiger partial charge in [0.2, 0.25) is 0 Å². The van der Waals surface area contributed by atoms with Gasteiger partial charge in [-0.05, 0) is 36.8 Å². The van der Waals surface area contributed by atoms with Gasteiger partial charge < -0.3 is 5.73 Å². The van der Waals surface area contributed by atoms with Crippen LogP contribution in [0.5, 0.6) is 0 Å². The first-order valence-corrected chi connectivity index (χ1v) is 7.56. The van der Waals surface area contributed by atoms with Crippen molar-refractivity contribution in [1.82, 2.24) is 0 Å². The molecule has 0 spiro atoms. The molecule has 2 N–H and O–H groups in total. The average molecular weight is 247 g/mol. The first-order valence-electron chi connectivity index (χ1n) is 7.56. The SMILES string of the molecule is CCCCC(CC)CCC(CN)c1ccccc1. The maximum Gasteiger partial charge on any atom is -0.000824 e. The normalized spacial score (nSPS) is 14.4. The van der Waals surface area contributed by atoms with E-state index in [1.807, 2.05) is 0 Å². The molecule has 1 rings (SSSR count). The second kappa shape index (κ2) is 9.16. The van der Waals surface area contributed by atoms with Crippen LogP contribution in [0.4, 0.5) is 0 Å². The van der Waals surface area contributed by atoms with E-state index in [0.29, 0.717) is 5.92 Å². The van der Waals surface area contributed by atoms with Gasteiger partial charge in [0.05, 0.1) is 0 Å². The Hall–Kier alpha value is -0.820. The minimum absolute atomic E-state index is 0.543. The van der Waals surface area contributed by atoms with Crippen LogP contribution in [0.25, 0.3) is 0 Å². The van der Waals surface area contributed by atoms with Crippen molar-refractivity contribution in [3.63, 3.8) is 0 Å². The first kappa shape index (κ1) is 15.2. The smallest absolute Gasteiger partial charge is 0.000824 e. The first-order chi connectivity index (χ1) is 8.81. The van der Waals surface area contributed by atoms with Crippen LogP contribution in [-0.4, -0.2) is 6.54 Å². The summed E-state index contributed by atoms with van der Waals surface area (Å²) in [5.41, 5.74) is 7.34. The molecule has 1 aromatic carbocycles. The molecule has 0 saturated carbocycles. The number of hydrogen-bond acceptors (Lipinski definition) is 1. The lowest BCUT2D eigenvalue weighted by Gasteiger charge is -2.19. The predicted octanol–water partition coefficient (Wildman–Crippen LogP) is 4.73. The fraction of sp³-hybridized carbons (Fsp3) is 0.647. The molecule has 1 heteroatoms. The quantitative estimate of drug-likeness (QED) is 0.671. The van der Waals surface area contributed by atoms with E-state index >= 15 is 0 Å². The van der Waals surface area contributed by atoms with Gasteiger partial charge in [0.25, 0.3) is 0 Å². The fourth-order valence-corrected chi connectivity index (χ4v) is 2.63. The van der Waals surface area contributed by atoms with E-state index in [1.54, 1.807) is 0 Å². The lowest BCUT2D eigenvalue weighted by molar-refractivity contribution is 0.393. The minimum Gasteiger partial charge on any atom is -0.330 e. The van der Waals surface area contributed by atoms with E-state index in [0.717, 1.165) is 12.5 Å². The largest absolute Gasteiger partial charge is 0.330 e. The van der Waals surface area contributed by atoms with Crippen molar-refractivity contribution < 1.29 is 0 Å². The Labute approximate surface area is 113 Å². The fourth-order valence-electron chi connectivity index (χ4n) is 2.63. The molecular weight excluding hydrogens is 218 g/mol. The second-order valence-electron chi connectivity index (χ2n) is 5.34. The number of benzene rings is 1. The van der Waals surface area contributed by atoms with Gasteiger partial charge >= 0.3 is 0 Å². The molecule has 0 bridgehead atoms. The second-order valence-corrected chi connectivity index (χ2v) is 5.34.